The van der Waals surface area contributed by atoms with Gasteiger partial charge in [0.2, 0.25) is 11.8 Å². The molecule has 0 radical (unpaired) electrons. The molecular weight excluding hydrogens is 186 g/mol. The standard InChI is InChI=1S/C7H11N5O2/c8-7-10-5(11-12-7)6(13)9-4-1-2-14-3-4/h4H,1-3H2,(H,9,13)(H3,8,10,11,12). The Bertz CT molecular complexity index is 331. The van der Waals surface area contributed by atoms with Crippen LogP contribution in [0.15, 0.2) is 0 Å². The van der Waals surface area contributed by atoms with E-state index in [4.69, 9.17) is 10.5 Å². The fraction of sp³-hybridized carbons (Fsp3) is 0.571. The summed E-state index contributed by atoms with van der Waals surface area (Å²) in [5.41, 5.74) is 5.27. The van der Waals surface area contributed by atoms with Crippen molar-refractivity contribution in [1.82, 2.24) is 20.5 Å². The molecule has 2 rings (SSSR count). The van der Waals surface area contributed by atoms with E-state index in [1.807, 2.05) is 0 Å². The van der Waals surface area contributed by atoms with Crippen molar-refractivity contribution in [3.05, 3.63) is 5.82 Å². The zero-order valence-corrected chi connectivity index (χ0v) is 7.49. The quantitative estimate of drug-likeness (QED) is 0.558. The second-order valence-electron chi connectivity index (χ2n) is 3.08. The van der Waals surface area contributed by atoms with Crippen LogP contribution in [-0.2, 0) is 4.74 Å². The van der Waals surface area contributed by atoms with E-state index in [0.29, 0.717) is 13.2 Å². The first kappa shape index (κ1) is 8.95. The summed E-state index contributed by atoms with van der Waals surface area (Å²) < 4.78 is 5.11. The summed E-state index contributed by atoms with van der Waals surface area (Å²) >= 11 is 0. The molecule has 0 bridgehead atoms. The van der Waals surface area contributed by atoms with Crippen LogP contribution in [0, 0.1) is 0 Å². The first-order valence-corrected chi connectivity index (χ1v) is 4.32. The highest BCUT2D eigenvalue weighted by Gasteiger charge is 2.20. The number of nitrogen functional groups attached to an aromatic ring is 1. The molecule has 0 saturated carbocycles. The first-order chi connectivity index (χ1) is 6.75. The van der Waals surface area contributed by atoms with Crippen LogP contribution in [0.2, 0.25) is 0 Å². The van der Waals surface area contributed by atoms with E-state index in [1.165, 1.54) is 0 Å². The van der Waals surface area contributed by atoms with Crippen molar-refractivity contribution in [2.45, 2.75) is 12.5 Å². The van der Waals surface area contributed by atoms with E-state index in [0.717, 1.165) is 6.42 Å². The number of hydrogen-bond acceptors (Lipinski definition) is 5. The van der Waals surface area contributed by atoms with Gasteiger partial charge in [-0.1, -0.05) is 0 Å². The monoisotopic (exact) mass is 197 g/mol. The summed E-state index contributed by atoms with van der Waals surface area (Å²) in [4.78, 5) is 15.2. The van der Waals surface area contributed by atoms with Crippen LogP contribution in [0.3, 0.4) is 0 Å². The molecule has 0 aliphatic carbocycles. The van der Waals surface area contributed by atoms with E-state index in [9.17, 15) is 4.79 Å². The van der Waals surface area contributed by atoms with Crippen LogP contribution in [0.25, 0.3) is 0 Å². The van der Waals surface area contributed by atoms with Crippen molar-refractivity contribution in [2.75, 3.05) is 18.9 Å². The highest BCUT2D eigenvalue weighted by atomic mass is 16.5. The van der Waals surface area contributed by atoms with Gasteiger partial charge in [-0.15, -0.1) is 5.10 Å². The van der Waals surface area contributed by atoms with Gasteiger partial charge in [-0.2, -0.15) is 4.98 Å². The normalized spacial score (nSPS) is 21.0. The third-order valence-electron chi connectivity index (χ3n) is 1.98. The molecule has 1 atom stereocenters. The lowest BCUT2D eigenvalue weighted by Crippen LogP contribution is -2.35. The summed E-state index contributed by atoms with van der Waals surface area (Å²) in [7, 11) is 0. The second-order valence-corrected chi connectivity index (χ2v) is 3.08. The summed E-state index contributed by atoms with van der Waals surface area (Å²) in [5, 5.41) is 8.76. The lowest BCUT2D eigenvalue weighted by atomic mass is 10.2. The largest absolute Gasteiger partial charge is 0.379 e. The number of anilines is 1. The number of carbonyl (C=O) groups is 1. The molecule has 1 aromatic rings. The predicted octanol–water partition coefficient (Wildman–Crippen LogP) is -1.09. The smallest absolute Gasteiger partial charge is 0.288 e. The van der Waals surface area contributed by atoms with Crippen LogP contribution < -0.4 is 11.1 Å². The van der Waals surface area contributed by atoms with Gasteiger partial charge in [0.25, 0.3) is 5.91 Å². The Kier molecular flexibility index (Phi) is 2.32. The molecule has 7 heteroatoms. The van der Waals surface area contributed by atoms with Crippen LogP contribution in [0.4, 0.5) is 5.95 Å². The fourth-order valence-corrected chi connectivity index (χ4v) is 1.28. The number of ether oxygens (including phenoxy) is 1. The summed E-state index contributed by atoms with van der Waals surface area (Å²) in [5.74, 6) is -0.100. The Balaban J connectivity index is 1.95. The average Bonchev–Trinajstić information content (AvgIpc) is 2.75. The molecule has 14 heavy (non-hydrogen) atoms. The Labute approximate surface area is 80.0 Å². The number of H-pyrrole nitrogens is 1. The molecule has 1 aromatic heterocycles. The predicted molar refractivity (Wildman–Crippen MR) is 47.5 cm³/mol. The van der Waals surface area contributed by atoms with Crippen LogP contribution in [0.1, 0.15) is 17.0 Å². The Hall–Kier alpha value is -1.63. The minimum Gasteiger partial charge on any atom is -0.379 e. The number of aromatic amines is 1. The highest BCUT2D eigenvalue weighted by molar-refractivity contribution is 5.90. The molecule has 0 spiro atoms. The van der Waals surface area contributed by atoms with Gasteiger partial charge in [-0.05, 0) is 6.42 Å². The zero-order chi connectivity index (χ0) is 9.97. The van der Waals surface area contributed by atoms with E-state index in [2.05, 4.69) is 20.5 Å². The van der Waals surface area contributed by atoms with E-state index >= 15 is 0 Å². The molecule has 76 valence electrons. The first-order valence-electron chi connectivity index (χ1n) is 4.32. The number of nitrogens with zero attached hydrogens (tertiary/aromatic N) is 2. The average molecular weight is 197 g/mol. The van der Waals surface area contributed by atoms with Gasteiger partial charge in [-0.25, -0.2) is 0 Å². The van der Waals surface area contributed by atoms with Crippen molar-refractivity contribution >= 4 is 11.9 Å². The van der Waals surface area contributed by atoms with Gasteiger partial charge in [0, 0.05) is 6.61 Å². The minimum atomic E-state index is -0.301. The van der Waals surface area contributed by atoms with Crippen LogP contribution >= 0.6 is 0 Å². The summed E-state index contributed by atoms with van der Waals surface area (Å²) in [6.07, 6.45) is 0.829. The van der Waals surface area contributed by atoms with Crippen LogP contribution in [0.5, 0.6) is 0 Å². The lowest BCUT2D eigenvalue weighted by molar-refractivity contribution is 0.0920. The van der Waals surface area contributed by atoms with Crippen molar-refractivity contribution in [1.29, 1.82) is 0 Å². The van der Waals surface area contributed by atoms with Crippen molar-refractivity contribution < 1.29 is 9.53 Å². The molecule has 2 heterocycles. The molecule has 1 unspecified atom stereocenters. The molecule has 4 N–H and O–H groups in total. The molecule has 1 aliphatic heterocycles. The SMILES string of the molecule is Nc1n[nH]c(C(=O)NC2CCOC2)n1. The van der Waals surface area contributed by atoms with E-state index in [1.54, 1.807) is 0 Å². The molecule has 7 nitrogen and oxygen atoms in total. The van der Waals surface area contributed by atoms with Gasteiger partial charge < -0.3 is 15.8 Å². The van der Waals surface area contributed by atoms with Gasteiger partial charge in [-0.3, -0.25) is 9.89 Å². The van der Waals surface area contributed by atoms with Crippen molar-refractivity contribution in [2.24, 2.45) is 0 Å². The third-order valence-corrected chi connectivity index (χ3v) is 1.98. The fourth-order valence-electron chi connectivity index (χ4n) is 1.28. The zero-order valence-electron chi connectivity index (χ0n) is 7.49. The van der Waals surface area contributed by atoms with Gasteiger partial charge in [0.05, 0.1) is 12.6 Å². The van der Waals surface area contributed by atoms with E-state index in [-0.39, 0.29) is 23.7 Å². The van der Waals surface area contributed by atoms with Gasteiger partial charge in [0.15, 0.2) is 0 Å². The highest BCUT2D eigenvalue weighted by Crippen LogP contribution is 2.04. The van der Waals surface area contributed by atoms with E-state index < -0.39 is 0 Å². The maximum Gasteiger partial charge on any atom is 0.288 e. The third kappa shape index (κ3) is 1.82. The molecule has 1 aliphatic rings. The number of carbonyl (C=O) groups excluding carboxylic acids is 1. The van der Waals surface area contributed by atoms with Crippen molar-refractivity contribution in [3.8, 4) is 0 Å². The summed E-state index contributed by atoms with van der Waals surface area (Å²) in [6.45, 7) is 1.23. The molecule has 1 saturated heterocycles. The lowest BCUT2D eigenvalue weighted by Gasteiger charge is -2.07. The second kappa shape index (κ2) is 3.62. The molecular formula is C7H11N5O2. The molecule has 1 fully saturated rings. The maximum absolute atomic E-state index is 11.5. The Morgan fingerprint density at radius 1 is 1.71 bits per heavy atom. The molecule has 0 aromatic carbocycles. The number of amides is 1. The van der Waals surface area contributed by atoms with Crippen molar-refractivity contribution in [3.63, 3.8) is 0 Å². The molecule has 1 amide bonds. The van der Waals surface area contributed by atoms with Gasteiger partial charge >= 0.3 is 0 Å². The Morgan fingerprint density at radius 2 is 2.57 bits per heavy atom. The minimum absolute atomic E-state index is 0.0637. The maximum atomic E-state index is 11.5. The summed E-state index contributed by atoms with van der Waals surface area (Å²) in [6, 6.07) is 0.0637. The van der Waals surface area contributed by atoms with Crippen LogP contribution in [-0.4, -0.2) is 40.3 Å². The number of rotatable bonds is 2. The van der Waals surface area contributed by atoms with Gasteiger partial charge in [0.1, 0.15) is 0 Å². The number of nitrogens with one attached hydrogen (secondary N) is 2. The number of aromatic nitrogens is 3. The Morgan fingerprint density at radius 3 is 3.14 bits per heavy atom. The number of hydrogen-bond donors (Lipinski definition) is 3. The number of nitrogens with two attached hydrogens (primary N) is 1. The topological polar surface area (TPSA) is 106 Å².